The molecule has 0 aromatic carbocycles. The number of anilines is 1. The summed E-state index contributed by atoms with van der Waals surface area (Å²) in [4.78, 5) is 24.3. The van der Waals surface area contributed by atoms with Gasteiger partial charge in [-0.1, -0.05) is 5.16 Å². The summed E-state index contributed by atoms with van der Waals surface area (Å²) in [6.45, 7) is 3.92. The Bertz CT molecular complexity index is 867. The molecule has 4 rings (SSSR count). The van der Waals surface area contributed by atoms with Crippen LogP contribution in [-0.4, -0.2) is 32.7 Å². The molecule has 8 heteroatoms. The molecule has 0 saturated heterocycles. The van der Waals surface area contributed by atoms with Crippen LogP contribution in [0.2, 0.25) is 0 Å². The normalized spacial score (nSPS) is 22.8. The molecule has 2 fully saturated rings. The fraction of sp³-hybridized carbons (Fsp3) is 0.600. The highest BCUT2D eigenvalue weighted by Gasteiger charge is 2.39. The summed E-state index contributed by atoms with van der Waals surface area (Å²) < 4.78 is 5.06. The average Bonchev–Trinajstić information content (AvgIpc) is 3.05. The fourth-order valence-corrected chi connectivity index (χ4v) is 3.96. The van der Waals surface area contributed by atoms with Gasteiger partial charge in [-0.25, -0.2) is 0 Å². The van der Waals surface area contributed by atoms with Crippen LogP contribution < -0.4 is 10.6 Å². The third-order valence-corrected chi connectivity index (χ3v) is 5.77. The van der Waals surface area contributed by atoms with Crippen molar-refractivity contribution in [3.63, 3.8) is 0 Å². The van der Waals surface area contributed by atoms with Gasteiger partial charge < -0.3 is 15.2 Å². The minimum absolute atomic E-state index is 0.0516. The summed E-state index contributed by atoms with van der Waals surface area (Å²) in [5.74, 6) is 1.78. The standard InChI is InChI=1S/C20H27N5O3/c1-12-7-15(28-25-12)10-18(26)21-17-11-16(23-24-17)14-4-3-13(8-14)9-19(27)22-20(2)5-6-20/h7,11,13-14H,3-6,8-10H2,1-2H3,(H,22,27)(H2,21,23,24,26). The third-order valence-electron chi connectivity index (χ3n) is 5.77. The highest BCUT2D eigenvalue weighted by Crippen LogP contribution is 2.40. The third kappa shape index (κ3) is 4.61. The molecule has 8 nitrogen and oxygen atoms in total. The number of aromatic nitrogens is 3. The fourth-order valence-electron chi connectivity index (χ4n) is 3.96. The van der Waals surface area contributed by atoms with Crippen LogP contribution in [0.4, 0.5) is 5.82 Å². The van der Waals surface area contributed by atoms with E-state index in [1.807, 2.05) is 13.0 Å². The van der Waals surface area contributed by atoms with E-state index in [2.05, 4.69) is 32.9 Å². The quantitative estimate of drug-likeness (QED) is 0.678. The molecular weight excluding hydrogens is 358 g/mol. The minimum Gasteiger partial charge on any atom is -0.361 e. The Morgan fingerprint density at radius 2 is 2.11 bits per heavy atom. The SMILES string of the molecule is Cc1cc(CC(=O)Nc2cc(C3CCC(CC(=O)NC4(C)CC4)C3)[nH]n2)on1. The first-order chi connectivity index (χ1) is 13.4. The smallest absolute Gasteiger partial charge is 0.233 e. The van der Waals surface area contributed by atoms with Crippen LogP contribution in [0, 0.1) is 12.8 Å². The van der Waals surface area contributed by atoms with E-state index in [0.29, 0.717) is 29.8 Å². The van der Waals surface area contributed by atoms with Gasteiger partial charge in [-0.3, -0.25) is 14.7 Å². The van der Waals surface area contributed by atoms with Crippen LogP contribution in [0.25, 0.3) is 0 Å². The van der Waals surface area contributed by atoms with Gasteiger partial charge in [0.15, 0.2) is 5.82 Å². The van der Waals surface area contributed by atoms with Crippen LogP contribution in [0.3, 0.4) is 0 Å². The van der Waals surface area contributed by atoms with E-state index >= 15 is 0 Å². The number of H-pyrrole nitrogens is 1. The molecule has 2 aromatic rings. The highest BCUT2D eigenvalue weighted by molar-refractivity contribution is 5.91. The van der Waals surface area contributed by atoms with E-state index in [1.54, 1.807) is 6.07 Å². The maximum atomic E-state index is 12.2. The maximum absolute atomic E-state index is 12.2. The molecule has 2 aliphatic rings. The van der Waals surface area contributed by atoms with Gasteiger partial charge in [0.25, 0.3) is 0 Å². The molecule has 2 atom stereocenters. The largest absolute Gasteiger partial charge is 0.361 e. The van der Waals surface area contributed by atoms with Gasteiger partial charge in [-0.15, -0.1) is 0 Å². The first-order valence-corrected chi connectivity index (χ1v) is 9.97. The second-order valence-corrected chi connectivity index (χ2v) is 8.56. The second-order valence-electron chi connectivity index (χ2n) is 8.56. The summed E-state index contributed by atoms with van der Waals surface area (Å²) in [5.41, 5.74) is 1.82. The molecule has 2 aliphatic carbocycles. The van der Waals surface area contributed by atoms with Crippen LogP contribution in [-0.2, 0) is 16.0 Å². The lowest BCUT2D eigenvalue weighted by Gasteiger charge is -2.14. The summed E-state index contributed by atoms with van der Waals surface area (Å²) in [6.07, 6.45) is 5.94. The Kier molecular flexibility index (Phi) is 4.95. The summed E-state index contributed by atoms with van der Waals surface area (Å²) in [6, 6.07) is 3.63. The maximum Gasteiger partial charge on any atom is 0.233 e. The Morgan fingerprint density at radius 1 is 1.29 bits per heavy atom. The second kappa shape index (κ2) is 7.41. The van der Waals surface area contributed by atoms with Crippen LogP contribution >= 0.6 is 0 Å². The first-order valence-electron chi connectivity index (χ1n) is 9.97. The van der Waals surface area contributed by atoms with Crippen molar-refractivity contribution in [2.75, 3.05) is 5.32 Å². The number of aryl methyl sites for hydroxylation is 1. The molecule has 2 heterocycles. The van der Waals surface area contributed by atoms with Crippen molar-refractivity contribution in [2.24, 2.45) is 5.92 Å². The number of hydrogen-bond acceptors (Lipinski definition) is 5. The Labute approximate surface area is 163 Å². The monoisotopic (exact) mass is 385 g/mol. The minimum atomic E-state index is -0.191. The molecule has 2 saturated carbocycles. The molecular formula is C20H27N5O3. The van der Waals surface area contributed by atoms with Crippen molar-refractivity contribution in [1.82, 2.24) is 20.7 Å². The Hall–Kier alpha value is -2.64. The van der Waals surface area contributed by atoms with Crippen molar-refractivity contribution < 1.29 is 14.1 Å². The molecule has 2 amide bonds. The molecule has 0 radical (unpaired) electrons. The molecule has 28 heavy (non-hydrogen) atoms. The van der Waals surface area contributed by atoms with E-state index < -0.39 is 0 Å². The van der Waals surface area contributed by atoms with Crippen molar-refractivity contribution in [1.29, 1.82) is 0 Å². The zero-order valence-corrected chi connectivity index (χ0v) is 16.4. The first kappa shape index (κ1) is 18.7. The summed E-state index contributed by atoms with van der Waals surface area (Å²) in [7, 11) is 0. The number of carbonyl (C=O) groups excluding carboxylic acids is 2. The number of hydrogen-bond donors (Lipinski definition) is 3. The molecule has 0 aliphatic heterocycles. The predicted molar refractivity (Wildman–Crippen MR) is 103 cm³/mol. The lowest BCUT2D eigenvalue weighted by molar-refractivity contribution is -0.122. The highest BCUT2D eigenvalue weighted by atomic mass is 16.5. The lowest BCUT2D eigenvalue weighted by Crippen LogP contribution is -2.35. The van der Waals surface area contributed by atoms with Crippen LogP contribution in [0.1, 0.15) is 68.5 Å². The number of nitrogens with one attached hydrogen (secondary N) is 3. The van der Waals surface area contributed by atoms with Gasteiger partial charge in [0.05, 0.1) is 12.1 Å². The molecule has 2 aromatic heterocycles. The summed E-state index contributed by atoms with van der Waals surface area (Å²) in [5, 5.41) is 17.0. The zero-order valence-electron chi connectivity index (χ0n) is 16.4. The number of rotatable bonds is 7. The number of amides is 2. The van der Waals surface area contributed by atoms with Gasteiger partial charge in [0.1, 0.15) is 5.76 Å². The summed E-state index contributed by atoms with van der Waals surface area (Å²) >= 11 is 0. The van der Waals surface area contributed by atoms with Gasteiger partial charge in [0.2, 0.25) is 11.8 Å². The van der Waals surface area contributed by atoms with E-state index in [1.165, 1.54) is 0 Å². The number of aromatic amines is 1. The zero-order chi connectivity index (χ0) is 19.7. The molecule has 2 unspecified atom stereocenters. The van der Waals surface area contributed by atoms with E-state index in [9.17, 15) is 9.59 Å². The topological polar surface area (TPSA) is 113 Å². The molecule has 0 spiro atoms. The lowest BCUT2D eigenvalue weighted by atomic mass is 9.99. The van der Waals surface area contributed by atoms with E-state index in [4.69, 9.17) is 4.52 Å². The van der Waals surface area contributed by atoms with E-state index in [0.717, 1.165) is 43.5 Å². The van der Waals surface area contributed by atoms with Crippen LogP contribution in [0.15, 0.2) is 16.7 Å². The molecule has 3 N–H and O–H groups in total. The number of carbonyl (C=O) groups is 2. The van der Waals surface area contributed by atoms with Crippen molar-refractivity contribution in [3.05, 3.63) is 29.3 Å². The van der Waals surface area contributed by atoms with Crippen LogP contribution in [0.5, 0.6) is 0 Å². The number of nitrogens with zero attached hydrogens (tertiary/aromatic N) is 2. The average molecular weight is 385 g/mol. The van der Waals surface area contributed by atoms with Gasteiger partial charge in [0, 0.05) is 35.7 Å². The van der Waals surface area contributed by atoms with Gasteiger partial charge in [-0.2, -0.15) is 5.10 Å². The predicted octanol–water partition coefficient (Wildman–Crippen LogP) is 2.83. The Balaban J connectivity index is 1.26. The van der Waals surface area contributed by atoms with Gasteiger partial charge >= 0.3 is 0 Å². The van der Waals surface area contributed by atoms with Gasteiger partial charge in [-0.05, 0) is 51.9 Å². The Morgan fingerprint density at radius 3 is 2.82 bits per heavy atom. The van der Waals surface area contributed by atoms with E-state index in [-0.39, 0.29) is 23.8 Å². The molecule has 150 valence electrons. The van der Waals surface area contributed by atoms with Crippen molar-refractivity contribution in [2.45, 2.75) is 70.3 Å². The molecule has 0 bridgehead atoms. The van der Waals surface area contributed by atoms with Crippen molar-refractivity contribution in [3.8, 4) is 0 Å². The van der Waals surface area contributed by atoms with Crippen molar-refractivity contribution >= 4 is 17.6 Å².